The van der Waals surface area contributed by atoms with Gasteiger partial charge >= 0.3 is 0 Å². The summed E-state index contributed by atoms with van der Waals surface area (Å²) in [6.07, 6.45) is 10.9. The first-order chi connectivity index (χ1) is 11.2. The zero-order chi connectivity index (χ0) is 16.7. The van der Waals surface area contributed by atoms with Crippen molar-refractivity contribution in [3.8, 4) is 11.4 Å². The molecule has 0 spiro atoms. The standard InChI is InChI=1S/C20H23NO2/c1-4-5-6-7-8-12-20-17(15-22)13-16(2)21(20)18-10-9-11-19(14-18)23-3/h4-5,7-11,13-15H,6,12H2,1-3H3/b5-4-,8-7-. The minimum absolute atomic E-state index is 0.719. The van der Waals surface area contributed by atoms with Crippen LogP contribution >= 0.6 is 0 Å². The van der Waals surface area contributed by atoms with Gasteiger partial charge < -0.3 is 9.30 Å². The first-order valence-electron chi connectivity index (χ1n) is 7.78. The molecule has 0 amide bonds. The average molecular weight is 309 g/mol. The van der Waals surface area contributed by atoms with Crippen LogP contribution in [0.2, 0.25) is 0 Å². The van der Waals surface area contributed by atoms with Crippen LogP contribution in [0.25, 0.3) is 5.69 Å². The van der Waals surface area contributed by atoms with Crippen molar-refractivity contribution >= 4 is 6.29 Å². The first kappa shape index (κ1) is 16.8. The third-order valence-electron chi connectivity index (χ3n) is 3.74. The molecule has 0 aliphatic heterocycles. The molecule has 0 radical (unpaired) electrons. The van der Waals surface area contributed by atoms with E-state index in [1.807, 2.05) is 50.3 Å². The molecule has 0 saturated carbocycles. The number of rotatable bonds is 7. The number of hydrogen-bond acceptors (Lipinski definition) is 2. The molecule has 1 aromatic carbocycles. The SMILES string of the molecule is C/C=C\C/C=C\Cc1c(C=O)cc(C)n1-c1cccc(OC)c1. The molecule has 3 heteroatoms. The van der Waals surface area contributed by atoms with Crippen molar-refractivity contribution in [1.29, 1.82) is 0 Å². The second-order valence-corrected chi connectivity index (χ2v) is 5.32. The minimum Gasteiger partial charge on any atom is -0.497 e. The highest BCUT2D eigenvalue weighted by molar-refractivity contribution is 5.78. The van der Waals surface area contributed by atoms with Gasteiger partial charge in [0.2, 0.25) is 0 Å². The van der Waals surface area contributed by atoms with Crippen molar-refractivity contribution in [3.05, 3.63) is 71.6 Å². The summed E-state index contributed by atoms with van der Waals surface area (Å²) < 4.78 is 7.43. The summed E-state index contributed by atoms with van der Waals surface area (Å²) in [5.74, 6) is 0.804. The molecule has 3 nitrogen and oxygen atoms in total. The van der Waals surface area contributed by atoms with Crippen LogP contribution in [0.4, 0.5) is 0 Å². The molecule has 0 aliphatic carbocycles. The van der Waals surface area contributed by atoms with Crippen molar-refractivity contribution in [2.75, 3.05) is 7.11 Å². The fourth-order valence-corrected chi connectivity index (χ4v) is 2.64. The van der Waals surface area contributed by atoms with Crippen molar-refractivity contribution in [2.24, 2.45) is 0 Å². The molecule has 23 heavy (non-hydrogen) atoms. The number of carbonyl (C=O) groups excluding carboxylic acids is 1. The number of aromatic nitrogens is 1. The second-order valence-electron chi connectivity index (χ2n) is 5.32. The maximum Gasteiger partial charge on any atom is 0.151 e. The van der Waals surface area contributed by atoms with Gasteiger partial charge in [0, 0.05) is 35.1 Å². The van der Waals surface area contributed by atoms with Gasteiger partial charge in [-0.2, -0.15) is 0 Å². The lowest BCUT2D eigenvalue weighted by atomic mass is 10.2. The van der Waals surface area contributed by atoms with E-state index in [2.05, 4.69) is 22.8 Å². The molecule has 1 heterocycles. The van der Waals surface area contributed by atoms with Gasteiger partial charge in [0.1, 0.15) is 5.75 Å². The summed E-state index contributed by atoms with van der Waals surface area (Å²) in [7, 11) is 1.66. The molecule has 0 bridgehead atoms. The Labute approximate surface area is 137 Å². The van der Waals surface area contributed by atoms with Crippen LogP contribution in [0.5, 0.6) is 5.75 Å². The molecule has 2 rings (SSSR count). The molecule has 120 valence electrons. The van der Waals surface area contributed by atoms with E-state index in [0.29, 0.717) is 0 Å². The number of hydrogen-bond donors (Lipinski definition) is 0. The van der Waals surface area contributed by atoms with Gasteiger partial charge in [-0.05, 0) is 38.5 Å². The summed E-state index contributed by atoms with van der Waals surface area (Å²) in [6, 6.07) is 9.81. The number of aryl methyl sites for hydroxylation is 1. The van der Waals surface area contributed by atoms with Gasteiger partial charge in [-0.3, -0.25) is 4.79 Å². The number of benzene rings is 1. The first-order valence-corrected chi connectivity index (χ1v) is 7.78. The fourth-order valence-electron chi connectivity index (χ4n) is 2.64. The normalized spacial score (nSPS) is 11.4. The number of allylic oxidation sites excluding steroid dienone is 4. The number of aldehydes is 1. The Morgan fingerprint density at radius 1 is 1.17 bits per heavy atom. The van der Waals surface area contributed by atoms with Gasteiger partial charge in [-0.15, -0.1) is 0 Å². The van der Waals surface area contributed by atoms with Gasteiger partial charge in [-0.1, -0.05) is 30.4 Å². The van der Waals surface area contributed by atoms with Crippen molar-refractivity contribution < 1.29 is 9.53 Å². The summed E-state index contributed by atoms with van der Waals surface area (Å²) >= 11 is 0. The molecule has 2 aromatic rings. The van der Waals surface area contributed by atoms with Crippen molar-refractivity contribution in [3.63, 3.8) is 0 Å². The maximum atomic E-state index is 11.4. The second kappa shape index (κ2) is 8.18. The van der Waals surface area contributed by atoms with Gasteiger partial charge in [0.15, 0.2) is 6.29 Å². The van der Waals surface area contributed by atoms with Gasteiger partial charge in [0.05, 0.1) is 7.11 Å². The van der Waals surface area contributed by atoms with Crippen LogP contribution in [0.3, 0.4) is 0 Å². The van der Waals surface area contributed by atoms with E-state index in [1.54, 1.807) is 7.11 Å². The van der Waals surface area contributed by atoms with Crippen LogP contribution in [-0.4, -0.2) is 18.0 Å². The molecular formula is C20H23NO2. The molecule has 0 N–H and O–H groups in total. The van der Waals surface area contributed by atoms with Crippen LogP contribution in [0.1, 0.15) is 35.1 Å². The highest BCUT2D eigenvalue weighted by atomic mass is 16.5. The van der Waals surface area contributed by atoms with Gasteiger partial charge in [0.25, 0.3) is 0 Å². The molecular weight excluding hydrogens is 286 g/mol. The molecule has 0 unspecified atom stereocenters. The topological polar surface area (TPSA) is 31.2 Å². The highest BCUT2D eigenvalue weighted by Gasteiger charge is 2.13. The maximum absolute atomic E-state index is 11.4. The Morgan fingerprint density at radius 2 is 2.00 bits per heavy atom. The Morgan fingerprint density at radius 3 is 2.70 bits per heavy atom. The third kappa shape index (κ3) is 4.01. The number of nitrogens with zero attached hydrogens (tertiary/aromatic N) is 1. The average Bonchev–Trinajstić information content (AvgIpc) is 2.90. The summed E-state index contributed by atoms with van der Waals surface area (Å²) in [5.41, 5.74) is 3.78. The lowest BCUT2D eigenvalue weighted by molar-refractivity contribution is 0.112. The largest absolute Gasteiger partial charge is 0.497 e. The number of carbonyl (C=O) groups is 1. The Hall–Kier alpha value is -2.55. The van der Waals surface area contributed by atoms with E-state index in [4.69, 9.17) is 4.74 Å². The molecule has 0 aliphatic rings. The molecule has 0 fully saturated rings. The smallest absolute Gasteiger partial charge is 0.151 e. The highest BCUT2D eigenvalue weighted by Crippen LogP contribution is 2.24. The lowest BCUT2D eigenvalue weighted by Gasteiger charge is -2.12. The van der Waals surface area contributed by atoms with Crippen molar-refractivity contribution in [2.45, 2.75) is 26.7 Å². The Balaban J connectivity index is 2.40. The summed E-state index contributed by atoms with van der Waals surface area (Å²) in [6.45, 7) is 4.02. The summed E-state index contributed by atoms with van der Waals surface area (Å²) in [4.78, 5) is 11.4. The monoisotopic (exact) mass is 309 g/mol. The van der Waals surface area contributed by atoms with Crippen molar-refractivity contribution in [1.82, 2.24) is 4.57 Å². The lowest BCUT2D eigenvalue weighted by Crippen LogP contribution is -2.03. The quantitative estimate of drug-likeness (QED) is 0.549. The van der Waals surface area contributed by atoms with Crippen LogP contribution in [0, 0.1) is 6.92 Å². The predicted molar refractivity (Wildman–Crippen MR) is 94.7 cm³/mol. The third-order valence-corrected chi connectivity index (χ3v) is 3.74. The molecule has 0 saturated heterocycles. The zero-order valence-electron chi connectivity index (χ0n) is 14.0. The van der Waals surface area contributed by atoms with Crippen LogP contribution in [-0.2, 0) is 6.42 Å². The van der Waals surface area contributed by atoms with E-state index in [1.165, 1.54) is 0 Å². The van der Waals surface area contributed by atoms with Gasteiger partial charge in [-0.25, -0.2) is 0 Å². The van der Waals surface area contributed by atoms with E-state index >= 15 is 0 Å². The van der Waals surface area contributed by atoms with E-state index in [0.717, 1.165) is 47.5 Å². The summed E-state index contributed by atoms with van der Waals surface area (Å²) in [5, 5.41) is 0. The van der Waals surface area contributed by atoms with Crippen LogP contribution in [0.15, 0.2) is 54.6 Å². The molecule has 1 aromatic heterocycles. The van der Waals surface area contributed by atoms with E-state index in [9.17, 15) is 4.79 Å². The van der Waals surface area contributed by atoms with E-state index in [-0.39, 0.29) is 0 Å². The predicted octanol–water partition coefficient (Wildman–Crippen LogP) is 4.67. The zero-order valence-corrected chi connectivity index (χ0v) is 14.0. The minimum atomic E-state index is 0.719. The number of methoxy groups -OCH3 is 1. The Bertz CT molecular complexity index is 723. The molecule has 0 atom stereocenters. The Kier molecular flexibility index (Phi) is 5.98. The number of ether oxygens (including phenoxy) is 1. The van der Waals surface area contributed by atoms with E-state index < -0.39 is 0 Å². The fraction of sp³-hybridized carbons (Fsp3) is 0.250. The van der Waals surface area contributed by atoms with Crippen LogP contribution < -0.4 is 4.74 Å².